The van der Waals surface area contributed by atoms with Crippen LogP contribution in [0.15, 0.2) is 12.4 Å². The molecule has 0 bridgehead atoms. The molecule has 1 aromatic heterocycles. The predicted octanol–water partition coefficient (Wildman–Crippen LogP) is -0.410. The van der Waals surface area contributed by atoms with Crippen molar-refractivity contribution in [2.24, 2.45) is 0 Å². The zero-order valence-electron chi connectivity index (χ0n) is 7.29. The molecule has 0 radical (unpaired) electrons. The summed E-state index contributed by atoms with van der Waals surface area (Å²) in [5, 5.41) is 26.2. The number of nitrogens with zero attached hydrogens (tertiary/aromatic N) is 3. The van der Waals surface area contributed by atoms with E-state index in [1.54, 1.807) is 0 Å². The van der Waals surface area contributed by atoms with Crippen LogP contribution in [0.4, 0.5) is 0 Å². The Hall–Kier alpha value is -1.87. The maximum absolute atomic E-state index is 10.2. The van der Waals surface area contributed by atoms with E-state index >= 15 is 0 Å². The molecule has 1 atom stereocenters. The van der Waals surface area contributed by atoms with Crippen LogP contribution in [-0.4, -0.2) is 31.8 Å². The molecule has 0 fully saturated rings. The summed E-state index contributed by atoms with van der Waals surface area (Å²) in [6.45, 7) is 0.0647. The number of carbonyl (C=O) groups is 1. The fourth-order valence-electron chi connectivity index (χ4n) is 1.06. The van der Waals surface area contributed by atoms with Crippen LogP contribution in [0, 0.1) is 11.3 Å². The number of aliphatic hydroxyl groups is 1. The van der Waals surface area contributed by atoms with E-state index in [0.717, 1.165) is 0 Å². The highest BCUT2D eigenvalue weighted by Crippen LogP contribution is 2.01. The van der Waals surface area contributed by atoms with Gasteiger partial charge in [-0.05, 0) is 0 Å². The maximum Gasteiger partial charge on any atom is 0.306 e. The Morgan fingerprint density at radius 3 is 3.07 bits per heavy atom. The van der Waals surface area contributed by atoms with Gasteiger partial charge in [-0.2, -0.15) is 5.26 Å². The number of carboxylic acid groups (broad SMARTS) is 1. The van der Waals surface area contributed by atoms with Crippen molar-refractivity contribution >= 4 is 5.97 Å². The Kier molecular flexibility index (Phi) is 3.20. The second-order valence-corrected chi connectivity index (χ2v) is 2.77. The molecule has 0 saturated heterocycles. The molecule has 6 nitrogen and oxygen atoms in total. The van der Waals surface area contributed by atoms with E-state index in [9.17, 15) is 9.90 Å². The number of aromatic nitrogens is 2. The Morgan fingerprint density at radius 1 is 1.79 bits per heavy atom. The topological polar surface area (TPSA) is 99.1 Å². The van der Waals surface area contributed by atoms with Crippen molar-refractivity contribution < 1.29 is 15.0 Å². The second kappa shape index (κ2) is 4.39. The summed E-state index contributed by atoms with van der Waals surface area (Å²) in [6, 6.07) is 1.83. The van der Waals surface area contributed by atoms with Crippen molar-refractivity contribution in [2.75, 3.05) is 0 Å². The molecule has 0 saturated carbocycles. The second-order valence-electron chi connectivity index (χ2n) is 2.77. The highest BCUT2D eigenvalue weighted by atomic mass is 16.4. The van der Waals surface area contributed by atoms with Gasteiger partial charge in [-0.3, -0.25) is 4.79 Å². The van der Waals surface area contributed by atoms with E-state index in [1.165, 1.54) is 17.0 Å². The van der Waals surface area contributed by atoms with Gasteiger partial charge in [0.1, 0.15) is 6.07 Å². The summed E-state index contributed by atoms with van der Waals surface area (Å²) < 4.78 is 1.41. The van der Waals surface area contributed by atoms with Crippen molar-refractivity contribution in [1.29, 1.82) is 5.26 Å². The normalized spacial score (nSPS) is 12.0. The van der Waals surface area contributed by atoms with Gasteiger partial charge < -0.3 is 14.8 Å². The molecular formula is C8H9N3O3. The van der Waals surface area contributed by atoms with Crippen molar-refractivity contribution in [3.8, 4) is 6.07 Å². The molecule has 0 aliphatic rings. The zero-order chi connectivity index (χ0) is 10.6. The molecule has 6 heteroatoms. The number of carboxylic acids is 1. The van der Waals surface area contributed by atoms with Crippen LogP contribution >= 0.6 is 0 Å². The van der Waals surface area contributed by atoms with Gasteiger partial charge >= 0.3 is 5.97 Å². The Bertz CT molecular complexity index is 366. The Morgan fingerprint density at radius 2 is 2.50 bits per heavy atom. The minimum Gasteiger partial charge on any atom is -0.481 e. The van der Waals surface area contributed by atoms with E-state index in [1.807, 2.05) is 6.07 Å². The summed E-state index contributed by atoms with van der Waals surface area (Å²) in [6.07, 6.45) is 1.59. The Labute approximate surface area is 80.0 Å². The lowest BCUT2D eigenvalue weighted by molar-refractivity contribution is -0.139. The van der Waals surface area contributed by atoms with Crippen molar-refractivity contribution in [3.63, 3.8) is 0 Å². The van der Waals surface area contributed by atoms with Gasteiger partial charge in [0, 0.05) is 12.4 Å². The molecule has 0 aliphatic carbocycles. The highest BCUT2D eigenvalue weighted by molar-refractivity contribution is 5.67. The van der Waals surface area contributed by atoms with Crippen LogP contribution in [0.2, 0.25) is 0 Å². The van der Waals surface area contributed by atoms with Crippen LogP contribution in [-0.2, 0) is 11.3 Å². The van der Waals surface area contributed by atoms with Crippen LogP contribution in [0.5, 0.6) is 0 Å². The molecule has 74 valence electrons. The smallest absolute Gasteiger partial charge is 0.306 e. The number of rotatable bonds is 4. The molecule has 0 amide bonds. The number of aliphatic carboxylic acids is 1. The van der Waals surface area contributed by atoms with Crippen LogP contribution in [0.25, 0.3) is 0 Å². The first-order valence-electron chi connectivity index (χ1n) is 3.94. The first-order valence-corrected chi connectivity index (χ1v) is 3.94. The van der Waals surface area contributed by atoms with Gasteiger partial charge in [0.2, 0.25) is 5.82 Å². The molecule has 1 rings (SSSR count). The van der Waals surface area contributed by atoms with Gasteiger partial charge in [-0.1, -0.05) is 0 Å². The lowest BCUT2D eigenvalue weighted by Gasteiger charge is -2.08. The molecule has 1 unspecified atom stereocenters. The number of hydrogen-bond acceptors (Lipinski definition) is 4. The van der Waals surface area contributed by atoms with Gasteiger partial charge in [-0.15, -0.1) is 0 Å². The molecule has 14 heavy (non-hydrogen) atoms. The van der Waals surface area contributed by atoms with E-state index < -0.39 is 12.1 Å². The van der Waals surface area contributed by atoms with E-state index in [-0.39, 0.29) is 18.8 Å². The standard InChI is InChI=1S/C8H9N3O3/c9-4-7-10-1-2-11(7)5-6(12)3-8(13)14/h1-2,6,12H,3,5H2,(H,13,14). The number of hydrogen-bond donors (Lipinski definition) is 2. The van der Waals surface area contributed by atoms with Crippen molar-refractivity contribution in [3.05, 3.63) is 18.2 Å². The van der Waals surface area contributed by atoms with Gasteiger partial charge in [0.15, 0.2) is 0 Å². The minimum absolute atomic E-state index is 0.0647. The third-order valence-electron chi connectivity index (χ3n) is 1.63. The van der Waals surface area contributed by atoms with E-state index in [0.29, 0.717) is 0 Å². The molecule has 0 aromatic carbocycles. The number of imidazole rings is 1. The van der Waals surface area contributed by atoms with Gasteiger partial charge in [-0.25, -0.2) is 4.98 Å². The van der Waals surface area contributed by atoms with Gasteiger partial charge in [0.05, 0.1) is 19.1 Å². The molecule has 0 spiro atoms. The van der Waals surface area contributed by atoms with Crippen molar-refractivity contribution in [2.45, 2.75) is 19.1 Å². The van der Waals surface area contributed by atoms with E-state index in [4.69, 9.17) is 10.4 Å². The summed E-state index contributed by atoms with van der Waals surface area (Å²) in [5.41, 5.74) is 0. The highest BCUT2D eigenvalue weighted by Gasteiger charge is 2.11. The SMILES string of the molecule is N#Cc1nccn1CC(O)CC(=O)O. The average Bonchev–Trinajstić information content (AvgIpc) is 2.50. The summed E-state index contributed by atoms with van der Waals surface area (Å²) in [7, 11) is 0. The monoisotopic (exact) mass is 195 g/mol. The quantitative estimate of drug-likeness (QED) is 0.680. The summed E-state index contributed by atoms with van der Waals surface area (Å²) >= 11 is 0. The lowest BCUT2D eigenvalue weighted by atomic mass is 10.2. The lowest BCUT2D eigenvalue weighted by Crippen LogP contribution is -2.20. The molecule has 0 aliphatic heterocycles. The fraction of sp³-hybridized carbons (Fsp3) is 0.375. The molecular weight excluding hydrogens is 186 g/mol. The summed E-state index contributed by atoms with van der Waals surface area (Å²) in [4.78, 5) is 14.0. The minimum atomic E-state index is -1.07. The zero-order valence-corrected chi connectivity index (χ0v) is 7.29. The van der Waals surface area contributed by atoms with Gasteiger partial charge in [0.25, 0.3) is 0 Å². The first-order chi connectivity index (χ1) is 6.63. The molecule has 1 aromatic rings. The first kappa shape index (κ1) is 10.2. The predicted molar refractivity (Wildman–Crippen MR) is 45.2 cm³/mol. The molecule has 2 N–H and O–H groups in total. The summed E-state index contributed by atoms with van der Waals surface area (Å²) in [5.74, 6) is -0.912. The largest absolute Gasteiger partial charge is 0.481 e. The number of aliphatic hydroxyl groups excluding tert-OH is 1. The average molecular weight is 195 g/mol. The third-order valence-corrected chi connectivity index (χ3v) is 1.63. The molecule has 1 heterocycles. The fourth-order valence-corrected chi connectivity index (χ4v) is 1.06. The van der Waals surface area contributed by atoms with Crippen LogP contribution in [0.1, 0.15) is 12.2 Å². The maximum atomic E-state index is 10.2. The number of nitriles is 1. The van der Waals surface area contributed by atoms with E-state index in [2.05, 4.69) is 4.98 Å². The van der Waals surface area contributed by atoms with Crippen molar-refractivity contribution in [1.82, 2.24) is 9.55 Å². The van der Waals surface area contributed by atoms with Crippen LogP contribution < -0.4 is 0 Å². The third kappa shape index (κ3) is 2.57. The Balaban J connectivity index is 2.61. The van der Waals surface area contributed by atoms with Crippen LogP contribution in [0.3, 0.4) is 0 Å².